The molecule has 5 rings (SSSR count). The van der Waals surface area contributed by atoms with Crippen LogP contribution in [0.4, 0.5) is 10.5 Å². The minimum absolute atomic E-state index is 0.0190. The van der Waals surface area contributed by atoms with Gasteiger partial charge in [0.2, 0.25) is 5.91 Å². The van der Waals surface area contributed by atoms with Gasteiger partial charge in [0, 0.05) is 60.4 Å². The maximum atomic E-state index is 13.3. The van der Waals surface area contributed by atoms with E-state index in [2.05, 4.69) is 43.0 Å². The highest BCUT2D eigenvalue weighted by molar-refractivity contribution is 5.94. The van der Waals surface area contributed by atoms with E-state index in [9.17, 15) is 14.4 Å². The summed E-state index contributed by atoms with van der Waals surface area (Å²) >= 11 is 0. The quantitative estimate of drug-likeness (QED) is 0.202. The van der Waals surface area contributed by atoms with Gasteiger partial charge in [-0.25, -0.2) is 4.79 Å². The third kappa shape index (κ3) is 10.7. The second-order valence-corrected chi connectivity index (χ2v) is 12.8. The van der Waals surface area contributed by atoms with Gasteiger partial charge in [0.05, 0.1) is 5.92 Å². The van der Waals surface area contributed by atoms with Gasteiger partial charge >= 0.3 is 6.03 Å². The molecular weight excluding hydrogens is 600 g/mol. The number of rotatable bonds is 11. The number of nitrogens with zero attached hydrogens (tertiary/aromatic N) is 2. The number of nitrogens with one attached hydrogen (secondary N) is 4. The molecule has 4 amide bonds. The summed E-state index contributed by atoms with van der Waals surface area (Å²) in [5.41, 5.74) is 4.42. The van der Waals surface area contributed by atoms with Crippen LogP contribution in [-0.2, 0) is 11.2 Å². The molecule has 3 aromatic rings. The maximum Gasteiger partial charge on any atom is 0.319 e. The number of carbonyl (C=O) groups excluding carboxylic acids is 3. The van der Waals surface area contributed by atoms with Crippen LogP contribution >= 0.6 is 0 Å². The molecule has 1 aliphatic heterocycles. The number of hydrogen-bond acceptors (Lipinski definition) is 5. The Morgan fingerprint density at radius 2 is 1.67 bits per heavy atom. The summed E-state index contributed by atoms with van der Waals surface area (Å²) in [6.45, 7) is 6.07. The van der Waals surface area contributed by atoms with Gasteiger partial charge in [-0.1, -0.05) is 49.7 Å². The SMILES string of the molecule is CC(C(=O)NC1CCCCC1)c1ccc(NC(=O)NCCc2cccnc2)cc1C#Cc1ccc(C(=O)NCCN2CCCCC2)cc1. The Labute approximate surface area is 284 Å². The van der Waals surface area contributed by atoms with Gasteiger partial charge in [-0.15, -0.1) is 0 Å². The highest BCUT2D eigenvalue weighted by atomic mass is 16.2. The first kappa shape index (κ1) is 34.6. The molecule has 4 N–H and O–H groups in total. The number of pyridine rings is 1. The van der Waals surface area contributed by atoms with E-state index in [1.54, 1.807) is 24.5 Å². The van der Waals surface area contributed by atoms with Crippen molar-refractivity contribution in [3.8, 4) is 11.8 Å². The highest BCUT2D eigenvalue weighted by Gasteiger charge is 2.23. The molecular formula is C39H48N6O3. The number of carbonyl (C=O) groups is 3. The fourth-order valence-corrected chi connectivity index (χ4v) is 6.33. The lowest BCUT2D eigenvalue weighted by atomic mass is 9.92. The number of likely N-dealkylation sites (tertiary alicyclic amines) is 1. The summed E-state index contributed by atoms with van der Waals surface area (Å²) in [4.78, 5) is 45.3. The van der Waals surface area contributed by atoms with Gasteiger partial charge in [-0.05, 0) is 106 Å². The van der Waals surface area contributed by atoms with Gasteiger partial charge < -0.3 is 26.2 Å². The Balaban J connectivity index is 1.25. The zero-order valence-electron chi connectivity index (χ0n) is 28.0. The van der Waals surface area contributed by atoms with E-state index in [-0.39, 0.29) is 23.9 Å². The molecule has 1 unspecified atom stereocenters. The van der Waals surface area contributed by atoms with E-state index in [4.69, 9.17) is 0 Å². The Morgan fingerprint density at radius 3 is 2.42 bits per heavy atom. The van der Waals surface area contributed by atoms with Gasteiger partial charge in [0.1, 0.15) is 0 Å². The van der Waals surface area contributed by atoms with Crippen LogP contribution in [0.3, 0.4) is 0 Å². The van der Waals surface area contributed by atoms with Crippen LogP contribution in [-0.4, -0.2) is 66.5 Å². The Kier molecular flexibility index (Phi) is 13.0. The summed E-state index contributed by atoms with van der Waals surface area (Å²) in [6, 6.07) is 16.5. The predicted octanol–water partition coefficient (Wildman–Crippen LogP) is 5.61. The summed E-state index contributed by atoms with van der Waals surface area (Å²) < 4.78 is 0. The summed E-state index contributed by atoms with van der Waals surface area (Å²) in [5, 5.41) is 12.1. The van der Waals surface area contributed by atoms with E-state index in [1.807, 2.05) is 49.4 Å². The topological polar surface area (TPSA) is 115 Å². The molecule has 1 aromatic heterocycles. The molecule has 0 bridgehead atoms. The number of benzene rings is 2. The van der Waals surface area contributed by atoms with Gasteiger partial charge in [-0.2, -0.15) is 0 Å². The lowest BCUT2D eigenvalue weighted by molar-refractivity contribution is -0.123. The lowest BCUT2D eigenvalue weighted by Gasteiger charge is -2.26. The molecule has 0 spiro atoms. The predicted molar refractivity (Wildman–Crippen MR) is 190 cm³/mol. The average Bonchev–Trinajstić information content (AvgIpc) is 3.12. The smallest absolute Gasteiger partial charge is 0.319 e. The number of anilines is 1. The standard InChI is InChI=1S/C39H48N6O3/c1-29(37(46)43-34-10-4-2-5-11-34)36-19-18-35(44-39(48)42-22-20-31-9-8-21-40-28-31)27-33(36)17-14-30-12-15-32(16-13-30)38(47)41-23-26-45-24-6-3-7-25-45/h8-9,12-13,15-16,18-19,21,27-29,34H,2-7,10-11,20,22-26H2,1H3,(H,41,47)(H,43,46)(H2,42,44,48). The first-order valence-corrected chi connectivity index (χ1v) is 17.5. The fourth-order valence-electron chi connectivity index (χ4n) is 6.33. The number of aromatic nitrogens is 1. The van der Waals surface area contributed by atoms with Crippen LogP contribution in [0.5, 0.6) is 0 Å². The zero-order chi connectivity index (χ0) is 33.6. The minimum Gasteiger partial charge on any atom is -0.353 e. The molecule has 9 heteroatoms. The number of piperidine rings is 1. The number of amides is 4. The van der Waals surface area contributed by atoms with Crippen molar-refractivity contribution in [1.82, 2.24) is 25.8 Å². The first-order valence-electron chi connectivity index (χ1n) is 17.5. The molecule has 2 heterocycles. The van der Waals surface area contributed by atoms with Crippen molar-refractivity contribution in [3.05, 3.63) is 94.8 Å². The van der Waals surface area contributed by atoms with Crippen LogP contribution in [0.2, 0.25) is 0 Å². The molecule has 9 nitrogen and oxygen atoms in total. The molecule has 252 valence electrons. The minimum atomic E-state index is -0.422. The maximum absolute atomic E-state index is 13.3. The number of urea groups is 1. The third-order valence-corrected chi connectivity index (χ3v) is 9.20. The van der Waals surface area contributed by atoms with E-state index in [0.717, 1.165) is 62.0 Å². The van der Waals surface area contributed by atoms with Crippen molar-refractivity contribution >= 4 is 23.5 Å². The second kappa shape index (κ2) is 18.0. The first-order chi connectivity index (χ1) is 23.4. The average molecular weight is 649 g/mol. The van der Waals surface area contributed by atoms with E-state index < -0.39 is 5.92 Å². The highest BCUT2D eigenvalue weighted by Crippen LogP contribution is 2.25. The van der Waals surface area contributed by atoms with Crippen molar-refractivity contribution in [2.75, 3.05) is 38.0 Å². The van der Waals surface area contributed by atoms with Crippen molar-refractivity contribution < 1.29 is 14.4 Å². The summed E-state index contributed by atoms with van der Waals surface area (Å²) in [5.74, 6) is 5.93. The molecule has 2 aliphatic rings. The summed E-state index contributed by atoms with van der Waals surface area (Å²) in [7, 11) is 0. The second-order valence-electron chi connectivity index (χ2n) is 12.8. The molecule has 0 radical (unpaired) electrons. The Bertz CT molecular complexity index is 1570. The van der Waals surface area contributed by atoms with E-state index in [0.29, 0.717) is 36.3 Å². The Hall–Kier alpha value is -4.68. The largest absolute Gasteiger partial charge is 0.353 e. The molecule has 1 aliphatic carbocycles. The molecule has 48 heavy (non-hydrogen) atoms. The van der Waals surface area contributed by atoms with Crippen molar-refractivity contribution in [2.24, 2.45) is 0 Å². The van der Waals surface area contributed by atoms with E-state index >= 15 is 0 Å². The summed E-state index contributed by atoms with van der Waals surface area (Å²) in [6.07, 6.45) is 13.5. The molecule has 1 saturated heterocycles. The lowest BCUT2D eigenvalue weighted by Crippen LogP contribution is -2.38. The zero-order valence-corrected chi connectivity index (χ0v) is 28.0. The monoisotopic (exact) mass is 648 g/mol. The van der Waals surface area contributed by atoms with Crippen molar-refractivity contribution in [2.45, 2.75) is 76.7 Å². The fraction of sp³-hybridized carbons (Fsp3) is 0.436. The van der Waals surface area contributed by atoms with Gasteiger partial charge in [-0.3, -0.25) is 14.6 Å². The van der Waals surface area contributed by atoms with Crippen LogP contribution in [0, 0.1) is 11.8 Å². The number of hydrogen-bond donors (Lipinski definition) is 4. The normalized spacial score (nSPS) is 15.8. The van der Waals surface area contributed by atoms with Crippen molar-refractivity contribution in [1.29, 1.82) is 0 Å². The molecule has 1 atom stereocenters. The van der Waals surface area contributed by atoms with Gasteiger partial charge in [0.15, 0.2) is 0 Å². The van der Waals surface area contributed by atoms with Crippen molar-refractivity contribution in [3.63, 3.8) is 0 Å². The van der Waals surface area contributed by atoms with E-state index in [1.165, 1.54) is 25.7 Å². The van der Waals surface area contributed by atoms with Crippen LogP contribution < -0.4 is 21.3 Å². The Morgan fingerprint density at radius 1 is 0.896 bits per heavy atom. The molecule has 2 fully saturated rings. The van der Waals surface area contributed by atoms with Crippen LogP contribution in [0.15, 0.2) is 67.0 Å². The van der Waals surface area contributed by atoms with Crippen LogP contribution in [0.25, 0.3) is 0 Å². The third-order valence-electron chi connectivity index (χ3n) is 9.20. The van der Waals surface area contributed by atoms with Crippen LogP contribution in [0.1, 0.15) is 96.8 Å². The molecule has 2 aromatic carbocycles. The van der Waals surface area contributed by atoms with Gasteiger partial charge in [0.25, 0.3) is 5.91 Å². The molecule has 1 saturated carbocycles.